The molecule has 1 nitrogen and oxygen atoms in total. The molecule has 1 aliphatic rings. The van der Waals surface area contributed by atoms with Gasteiger partial charge in [0.1, 0.15) is 0 Å². The summed E-state index contributed by atoms with van der Waals surface area (Å²) in [5.74, 6) is 0.624. The molecule has 1 fully saturated rings. The van der Waals surface area contributed by atoms with Gasteiger partial charge < -0.3 is 5.73 Å². The van der Waals surface area contributed by atoms with Crippen molar-refractivity contribution in [3.05, 3.63) is 34.9 Å². The molecule has 1 saturated carbocycles. The van der Waals surface area contributed by atoms with Gasteiger partial charge in [-0.05, 0) is 35.4 Å². The second-order valence-electron chi connectivity index (χ2n) is 5.83. The monoisotopic (exact) mass is 203 g/mol. The predicted octanol–water partition coefficient (Wildman–Crippen LogP) is 3.11. The molecule has 0 amide bonds. The van der Waals surface area contributed by atoms with Gasteiger partial charge in [0.2, 0.25) is 0 Å². The highest BCUT2D eigenvalue weighted by Gasteiger charge is 2.35. The Labute approximate surface area is 92.7 Å². The first-order chi connectivity index (χ1) is 6.89. The molecule has 0 bridgehead atoms. The van der Waals surface area contributed by atoms with E-state index in [1.165, 1.54) is 16.7 Å². The summed E-state index contributed by atoms with van der Waals surface area (Å²) in [6.45, 7) is 8.97. The number of aryl methyl sites for hydroxylation is 1. The first kappa shape index (κ1) is 10.7. The van der Waals surface area contributed by atoms with Gasteiger partial charge in [0.05, 0.1) is 0 Å². The lowest BCUT2D eigenvalue weighted by molar-refractivity contribution is 0.589. The Morgan fingerprint density at radius 2 is 1.87 bits per heavy atom. The van der Waals surface area contributed by atoms with Gasteiger partial charge in [-0.1, -0.05) is 39.0 Å². The third kappa shape index (κ3) is 2.07. The van der Waals surface area contributed by atoms with E-state index in [-0.39, 0.29) is 5.41 Å². The first-order valence-corrected chi connectivity index (χ1v) is 5.76. The third-order valence-corrected chi connectivity index (χ3v) is 3.38. The SMILES string of the molecule is Cc1cc(C(C)(C)C)ccc1C1CC1N. The van der Waals surface area contributed by atoms with Crippen LogP contribution in [0.3, 0.4) is 0 Å². The Balaban J connectivity index is 2.31. The molecule has 1 heteroatoms. The van der Waals surface area contributed by atoms with Crippen molar-refractivity contribution in [2.75, 3.05) is 0 Å². The van der Waals surface area contributed by atoms with Crippen LogP contribution >= 0.6 is 0 Å². The molecule has 1 aromatic carbocycles. The van der Waals surface area contributed by atoms with Crippen molar-refractivity contribution in [3.8, 4) is 0 Å². The molecule has 0 spiro atoms. The summed E-state index contributed by atoms with van der Waals surface area (Å²) < 4.78 is 0. The van der Waals surface area contributed by atoms with Gasteiger partial charge in [0.25, 0.3) is 0 Å². The summed E-state index contributed by atoms with van der Waals surface area (Å²) in [6, 6.07) is 7.26. The summed E-state index contributed by atoms with van der Waals surface area (Å²) in [6.07, 6.45) is 1.16. The predicted molar refractivity (Wildman–Crippen MR) is 65.2 cm³/mol. The molecule has 0 aromatic heterocycles. The highest BCUT2D eigenvalue weighted by Crippen LogP contribution is 2.41. The molecular formula is C14H21N. The van der Waals surface area contributed by atoms with Crippen LogP contribution in [0, 0.1) is 6.92 Å². The Hall–Kier alpha value is -0.820. The standard InChI is InChI=1S/C14H21N/c1-9-7-10(14(2,3)4)5-6-11(9)12-8-13(12)15/h5-7,12-13H,8,15H2,1-4H3. The number of hydrogen-bond acceptors (Lipinski definition) is 1. The van der Waals surface area contributed by atoms with E-state index in [0.717, 1.165) is 6.42 Å². The molecule has 2 unspecified atom stereocenters. The lowest BCUT2D eigenvalue weighted by atomic mass is 9.85. The van der Waals surface area contributed by atoms with E-state index in [2.05, 4.69) is 45.9 Å². The molecule has 82 valence electrons. The van der Waals surface area contributed by atoms with Crippen molar-refractivity contribution in [2.24, 2.45) is 5.73 Å². The minimum Gasteiger partial charge on any atom is -0.327 e. The van der Waals surface area contributed by atoms with E-state index in [1.807, 2.05) is 0 Å². The molecule has 2 rings (SSSR count). The molecule has 2 atom stereocenters. The quantitative estimate of drug-likeness (QED) is 0.745. The Bertz CT molecular complexity index is 373. The maximum absolute atomic E-state index is 5.89. The van der Waals surface area contributed by atoms with E-state index in [0.29, 0.717) is 12.0 Å². The average molecular weight is 203 g/mol. The Kier molecular flexibility index (Phi) is 2.38. The second kappa shape index (κ2) is 3.34. The smallest absolute Gasteiger partial charge is 0.0115 e. The van der Waals surface area contributed by atoms with Crippen LogP contribution in [0.4, 0.5) is 0 Å². The average Bonchev–Trinajstić information content (AvgIpc) is 2.80. The summed E-state index contributed by atoms with van der Waals surface area (Å²) >= 11 is 0. The van der Waals surface area contributed by atoms with Crippen LogP contribution in [0.5, 0.6) is 0 Å². The summed E-state index contributed by atoms with van der Waals surface area (Å²) in [4.78, 5) is 0. The van der Waals surface area contributed by atoms with Crippen molar-refractivity contribution in [3.63, 3.8) is 0 Å². The number of hydrogen-bond donors (Lipinski definition) is 1. The summed E-state index contributed by atoms with van der Waals surface area (Å²) in [5, 5.41) is 0. The fourth-order valence-electron chi connectivity index (χ4n) is 2.13. The lowest BCUT2D eigenvalue weighted by Crippen LogP contribution is -2.11. The molecule has 0 radical (unpaired) electrons. The molecule has 1 aromatic rings. The molecule has 0 aliphatic heterocycles. The maximum Gasteiger partial charge on any atom is 0.0115 e. The molecule has 0 saturated heterocycles. The highest BCUT2D eigenvalue weighted by atomic mass is 14.7. The van der Waals surface area contributed by atoms with Crippen molar-refractivity contribution in [1.29, 1.82) is 0 Å². The number of benzene rings is 1. The van der Waals surface area contributed by atoms with Crippen LogP contribution < -0.4 is 5.73 Å². The van der Waals surface area contributed by atoms with Gasteiger partial charge in [-0.3, -0.25) is 0 Å². The maximum atomic E-state index is 5.89. The number of nitrogens with two attached hydrogens (primary N) is 1. The lowest BCUT2D eigenvalue weighted by Gasteiger charge is -2.20. The molecule has 0 heterocycles. The van der Waals surface area contributed by atoms with E-state index >= 15 is 0 Å². The first-order valence-electron chi connectivity index (χ1n) is 5.76. The van der Waals surface area contributed by atoms with Crippen LogP contribution in [-0.4, -0.2) is 6.04 Å². The Morgan fingerprint density at radius 3 is 2.27 bits per heavy atom. The zero-order valence-electron chi connectivity index (χ0n) is 10.2. The topological polar surface area (TPSA) is 26.0 Å². The highest BCUT2D eigenvalue weighted by molar-refractivity contribution is 5.39. The van der Waals surface area contributed by atoms with Gasteiger partial charge in [-0.25, -0.2) is 0 Å². The van der Waals surface area contributed by atoms with Crippen molar-refractivity contribution in [1.82, 2.24) is 0 Å². The van der Waals surface area contributed by atoms with E-state index in [1.54, 1.807) is 0 Å². The van der Waals surface area contributed by atoms with Gasteiger partial charge >= 0.3 is 0 Å². The van der Waals surface area contributed by atoms with Crippen molar-refractivity contribution < 1.29 is 0 Å². The van der Waals surface area contributed by atoms with Gasteiger partial charge in [-0.2, -0.15) is 0 Å². The number of rotatable bonds is 1. The van der Waals surface area contributed by atoms with Crippen LogP contribution in [0.25, 0.3) is 0 Å². The van der Waals surface area contributed by atoms with E-state index in [4.69, 9.17) is 5.73 Å². The van der Waals surface area contributed by atoms with Crippen LogP contribution in [0.15, 0.2) is 18.2 Å². The summed E-state index contributed by atoms with van der Waals surface area (Å²) in [5.41, 5.74) is 10.4. The van der Waals surface area contributed by atoms with Crippen LogP contribution in [0.2, 0.25) is 0 Å². The minimum absolute atomic E-state index is 0.245. The van der Waals surface area contributed by atoms with E-state index in [9.17, 15) is 0 Å². The minimum atomic E-state index is 0.245. The van der Waals surface area contributed by atoms with Crippen LogP contribution in [-0.2, 0) is 5.41 Å². The largest absolute Gasteiger partial charge is 0.327 e. The van der Waals surface area contributed by atoms with Gasteiger partial charge in [-0.15, -0.1) is 0 Å². The Morgan fingerprint density at radius 1 is 1.27 bits per heavy atom. The fourth-order valence-corrected chi connectivity index (χ4v) is 2.13. The zero-order chi connectivity index (χ0) is 11.2. The summed E-state index contributed by atoms with van der Waals surface area (Å²) in [7, 11) is 0. The van der Waals surface area contributed by atoms with Crippen molar-refractivity contribution in [2.45, 2.75) is 51.5 Å². The fraction of sp³-hybridized carbons (Fsp3) is 0.571. The van der Waals surface area contributed by atoms with E-state index < -0.39 is 0 Å². The van der Waals surface area contributed by atoms with Gasteiger partial charge in [0.15, 0.2) is 0 Å². The normalized spacial score (nSPS) is 25.4. The van der Waals surface area contributed by atoms with Gasteiger partial charge in [0, 0.05) is 12.0 Å². The van der Waals surface area contributed by atoms with Crippen LogP contribution in [0.1, 0.15) is 49.8 Å². The molecule has 1 aliphatic carbocycles. The second-order valence-corrected chi connectivity index (χ2v) is 5.83. The molecule has 15 heavy (non-hydrogen) atoms. The van der Waals surface area contributed by atoms with Crippen molar-refractivity contribution >= 4 is 0 Å². The molecule has 2 N–H and O–H groups in total. The third-order valence-electron chi connectivity index (χ3n) is 3.38. The molecular weight excluding hydrogens is 182 g/mol. The zero-order valence-corrected chi connectivity index (χ0v) is 10.2.